The predicted molar refractivity (Wildman–Crippen MR) is 101 cm³/mol. The number of hydrogen-bond acceptors (Lipinski definition) is 4. The van der Waals surface area contributed by atoms with E-state index >= 15 is 0 Å². The van der Waals surface area contributed by atoms with Gasteiger partial charge in [0.1, 0.15) is 5.76 Å². The molecule has 3 aromatic rings. The molecule has 8 heteroatoms. The molecule has 1 aliphatic rings. The minimum Gasteiger partial charge on any atom is -0.360 e. The monoisotopic (exact) mass is 418 g/mol. The van der Waals surface area contributed by atoms with Gasteiger partial charge in [-0.1, -0.05) is 11.2 Å². The Morgan fingerprint density at radius 1 is 1.35 bits per heavy atom. The smallest absolute Gasteiger partial charge is 0.326 e. The predicted octanol–water partition coefficient (Wildman–Crippen LogP) is 3.76. The molecule has 136 valence electrons. The highest BCUT2D eigenvalue weighted by Gasteiger charge is 2.29. The maximum Gasteiger partial charge on any atom is 0.326 e. The van der Waals surface area contributed by atoms with E-state index in [-0.39, 0.29) is 23.6 Å². The Balaban J connectivity index is 1.47. The van der Waals surface area contributed by atoms with Gasteiger partial charge in [0, 0.05) is 22.5 Å². The van der Waals surface area contributed by atoms with Crippen LogP contribution in [0.5, 0.6) is 0 Å². The maximum atomic E-state index is 12.4. The largest absolute Gasteiger partial charge is 0.360 e. The Bertz CT molecular complexity index is 1010. The second-order valence-electron chi connectivity index (χ2n) is 6.75. The van der Waals surface area contributed by atoms with E-state index in [1.807, 2.05) is 22.8 Å². The van der Waals surface area contributed by atoms with Crippen LogP contribution < -0.4 is 11.0 Å². The van der Waals surface area contributed by atoms with E-state index in [2.05, 4.69) is 31.4 Å². The van der Waals surface area contributed by atoms with Gasteiger partial charge in [0.05, 0.1) is 11.0 Å². The summed E-state index contributed by atoms with van der Waals surface area (Å²) < 4.78 is 7.68. The number of carbonyl (C=O) groups excluding carboxylic acids is 1. The molecule has 0 radical (unpaired) electrons. The van der Waals surface area contributed by atoms with Crippen LogP contribution in [0.3, 0.4) is 0 Å². The molecule has 0 unspecified atom stereocenters. The molecule has 2 heterocycles. The normalized spacial score (nSPS) is 20.4. The number of rotatable bonds is 3. The summed E-state index contributed by atoms with van der Waals surface area (Å²) >= 11 is 3.48. The molecule has 1 saturated carbocycles. The highest BCUT2D eigenvalue weighted by molar-refractivity contribution is 9.10. The van der Waals surface area contributed by atoms with Crippen molar-refractivity contribution in [1.82, 2.24) is 14.7 Å². The summed E-state index contributed by atoms with van der Waals surface area (Å²) in [5, 5.41) is 6.61. The molecule has 1 aliphatic carbocycles. The van der Waals surface area contributed by atoms with E-state index in [1.165, 1.54) is 0 Å². The summed E-state index contributed by atoms with van der Waals surface area (Å²) in [6, 6.07) is 7.59. The van der Waals surface area contributed by atoms with Crippen LogP contribution in [-0.2, 0) is 4.79 Å². The van der Waals surface area contributed by atoms with Gasteiger partial charge in [0.15, 0.2) is 5.82 Å². The number of benzene rings is 1. The number of imidazole rings is 1. The van der Waals surface area contributed by atoms with Crippen LogP contribution in [0, 0.1) is 12.8 Å². The standard InChI is InChI=1S/C18H19BrN4O3/c1-10-9-15(22-26-10)20-17(24)11-5-7-12(8-6-11)23-14-4-2-3-13(19)16(14)21-18(23)25/h2-4,9,11-12H,5-8H2,1H3,(H,21,25)(H,20,22,24)/t11-,12+. The van der Waals surface area contributed by atoms with Gasteiger partial charge in [-0.05, 0) is 60.7 Å². The minimum atomic E-state index is -0.0992. The summed E-state index contributed by atoms with van der Waals surface area (Å²) in [6.45, 7) is 1.78. The number of aryl methyl sites for hydroxylation is 1. The number of halogens is 1. The molecule has 0 atom stereocenters. The van der Waals surface area contributed by atoms with Crippen molar-refractivity contribution in [3.05, 3.63) is 45.0 Å². The molecular weight excluding hydrogens is 400 g/mol. The topological polar surface area (TPSA) is 92.9 Å². The van der Waals surface area contributed by atoms with Crippen molar-refractivity contribution in [2.24, 2.45) is 5.92 Å². The summed E-state index contributed by atoms with van der Waals surface area (Å²) in [5.74, 6) is 1.00. The maximum absolute atomic E-state index is 12.4. The summed E-state index contributed by atoms with van der Waals surface area (Å²) in [4.78, 5) is 27.8. The van der Waals surface area contributed by atoms with E-state index in [1.54, 1.807) is 13.0 Å². The van der Waals surface area contributed by atoms with E-state index < -0.39 is 0 Å². The summed E-state index contributed by atoms with van der Waals surface area (Å²) in [5.41, 5.74) is 1.62. The van der Waals surface area contributed by atoms with Crippen molar-refractivity contribution >= 4 is 38.7 Å². The average molecular weight is 419 g/mol. The molecule has 0 aliphatic heterocycles. The first-order valence-corrected chi connectivity index (χ1v) is 9.45. The number of amides is 1. The van der Waals surface area contributed by atoms with Gasteiger partial charge in [-0.2, -0.15) is 0 Å². The third-order valence-corrected chi connectivity index (χ3v) is 5.67. The Morgan fingerprint density at radius 2 is 2.12 bits per heavy atom. The first-order chi connectivity index (χ1) is 12.5. The van der Waals surface area contributed by atoms with Crippen LogP contribution in [0.25, 0.3) is 11.0 Å². The second kappa shape index (κ2) is 6.75. The van der Waals surface area contributed by atoms with Crippen LogP contribution >= 0.6 is 15.9 Å². The van der Waals surface area contributed by atoms with Crippen molar-refractivity contribution in [2.45, 2.75) is 38.6 Å². The first kappa shape index (κ1) is 17.1. The van der Waals surface area contributed by atoms with Crippen LogP contribution in [0.15, 0.2) is 38.1 Å². The third kappa shape index (κ3) is 3.09. The number of nitrogens with zero attached hydrogens (tertiary/aromatic N) is 2. The number of para-hydroxylation sites is 1. The molecule has 1 amide bonds. The Morgan fingerprint density at radius 3 is 2.81 bits per heavy atom. The number of aromatic amines is 1. The van der Waals surface area contributed by atoms with Gasteiger partial charge >= 0.3 is 5.69 Å². The Hall–Kier alpha value is -2.35. The highest BCUT2D eigenvalue weighted by Crippen LogP contribution is 2.34. The Labute approximate surface area is 157 Å². The molecule has 26 heavy (non-hydrogen) atoms. The van der Waals surface area contributed by atoms with Gasteiger partial charge in [-0.3, -0.25) is 9.36 Å². The quantitative estimate of drug-likeness (QED) is 0.676. The van der Waals surface area contributed by atoms with Crippen LogP contribution in [0.4, 0.5) is 5.82 Å². The van der Waals surface area contributed by atoms with E-state index in [0.717, 1.165) is 41.2 Å². The van der Waals surface area contributed by atoms with Crippen molar-refractivity contribution in [2.75, 3.05) is 5.32 Å². The zero-order valence-corrected chi connectivity index (χ0v) is 15.9. The molecule has 0 bridgehead atoms. The number of hydrogen-bond donors (Lipinski definition) is 2. The average Bonchev–Trinajstić information content (AvgIpc) is 3.18. The minimum absolute atomic E-state index is 0.0363. The molecule has 2 N–H and O–H groups in total. The fraction of sp³-hybridized carbons (Fsp3) is 0.389. The van der Waals surface area contributed by atoms with Gasteiger partial charge in [-0.25, -0.2) is 4.79 Å². The van der Waals surface area contributed by atoms with Gasteiger partial charge < -0.3 is 14.8 Å². The van der Waals surface area contributed by atoms with Crippen LogP contribution in [0.1, 0.15) is 37.5 Å². The van der Waals surface area contributed by atoms with Gasteiger partial charge in [0.2, 0.25) is 5.91 Å². The van der Waals surface area contributed by atoms with E-state index in [0.29, 0.717) is 11.6 Å². The molecule has 2 aromatic heterocycles. The molecule has 1 fully saturated rings. The Kier molecular flexibility index (Phi) is 4.44. The van der Waals surface area contributed by atoms with Crippen molar-refractivity contribution < 1.29 is 9.32 Å². The van der Waals surface area contributed by atoms with Crippen molar-refractivity contribution in [3.63, 3.8) is 0 Å². The molecule has 4 rings (SSSR count). The fourth-order valence-electron chi connectivity index (χ4n) is 3.73. The molecule has 0 spiro atoms. The molecule has 0 saturated heterocycles. The van der Waals surface area contributed by atoms with Gasteiger partial charge in [-0.15, -0.1) is 0 Å². The lowest BCUT2D eigenvalue weighted by Gasteiger charge is -2.28. The third-order valence-electron chi connectivity index (χ3n) is 5.01. The first-order valence-electron chi connectivity index (χ1n) is 8.66. The van der Waals surface area contributed by atoms with Gasteiger partial charge in [0.25, 0.3) is 0 Å². The summed E-state index contributed by atoms with van der Waals surface area (Å²) in [7, 11) is 0. The van der Waals surface area contributed by atoms with E-state index in [9.17, 15) is 9.59 Å². The lowest BCUT2D eigenvalue weighted by Crippen LogP contribution is -2.31. The number of H-pyrrole nitrogens is 1. The van der Waals surface area contributed by atoms with E-state index in [4.69, 9.17) is 4.52 Å². The summed E-state index contributed by atoms with van der Waals surface area (Å²) in [6.07, 6.45) is 3.05. The fourth-order valence-corrected chi connectivity index (χ4v) is 4.18. The highest BCUT2D eigenvalue weighted by atomic mass is 79.9. The van der Waals surface area contributed by atoms with Crippen molar-refractivity contribution in [1.29, 1.82) is 0 Å². The van der Waals surface area contributed by atoms with Crippen LogP contribution in [0.2, 0.25) is 0 Å². The zero-order valence-electron chi connectivity index (χ0n) is 14.3. The lowest BCUT2D eigenvalue weighted by molar-refractivity contribution is -0.121. The number of aromatic nitrogens is 3. The van der Waals surface area contributed by atoms with Crippen molar-refractivity contribution in [3.8, 4) is 0 Å². The lowest BCUT2D eigenvalue weighted by atomic mass is 9.85. The number of fused-ring (bicyclic) bond motifs is 1. The SMILES string of the molecule is Cc1cc(NC(=O)[C@H]2CC[C@@H](n3c(=O)[nH]c4c(Br)cccc43)CC2)no1. The number of anilines is 1. The zero-order chi connectivity index (χ0) is 18.3. The van der Waals surface area contributed by atoms with Crippen LogP contribution in [-0.4, -0.2) is 20.6 Å². The second-order valence-corrected chi connectivity index (χ2v) is 7.61. The molecule has 1 aromatic carbocycles. The molecular formula is C18H19BrN4O3. The number of carbonyl (C=O) groups is 1. The molecule has 7 nitrogen and oxygen atoms in total. The number of nitrogens with one attached hydrogen (secondary N) is 2.